The predicted octanol–water partition coefficient (Wildman–Crippen LogP) is 4.02. The van der Waals surface area contributed by atoms with Crippen LogP contribution in [0.5, 0.6) is 0 Å². The van der Waals surface area contributed by atoms with Gasteiger partial charge in [-0.15, -0.1) is 0 Å². The van der Waals surface area contributed by atoms with Gasteiger partial charge in [0.25, 0.3) is 5.91 Å². The van der Waals surface area contributed by atoms with Crippen LogP contribution < -0.4 is 5.32 Å². The van der Waals surface area contributed by atoms with Crippen molar-refractivity contribution < 1.29 is 14.3 Å². The van der Waals surface area contributed by atoms with Gasteiger partial charge in [-0.25, -0.2) is 4.79 Å². The Morgan fingerprint density at radius 3 is 2.55 bits per heavy atom. The number of anilines is 1. The van der Waals surface area contributed by atoms with Crippen LogP contribution in [0.25, 0.3) is 10.9 Å². The number of nitrogens with zero attached hydrogens (tertiary/aromatic N) is 2. The maximum Gasteiger partial charge on any atom is 0.339 e. The molecule has 1 amide bonds. The highest BCUT2D eigenvalue weighted by molar-refractivity contribution is 6.06. The van der Waals surface area contributed by atoms with E-state index in [1.807, 2.05) is 63.4 Å². The minimum Gasteiger partial charge on any atom is -0.449 e. The Morgan fingerprint density at radius 2 is 1.81 bits per heavy atom. The van der Waals surface area contributed by atoms with Gasteiger partial charge in [-0.05, 0) is 45.0 Å². The van der Waals surface area contributed by atoms with Crippen molar-refractivity contribution in [3.05, 3.63) is 70.4 Å². The molecule has 1 atom stereocenters. The number of hydrogen-bond donors (Lipinski definition) is 1. The Bertz CT molecular complexity index is 1150. The summed E-state index contributed by atoms with van der Waals surface area (Å²) in [5.41, 5.74) is 5.78. The number of esters is 1. The second-order valence-electron chi connectivity index (χ2n) is 8.22. The van der Waals surface area contributed by atoms with E-state index < -0.39 is 12.1 Å². The van der Waals surface area contributed by atoms with E-state index in [-0.39, 0.29) is 5.91 Å². The smallest absolute Gasteiger partial charge is 0.339 e. The van der Waals surface area contributed by atoms with Crippen molar-refractivity contribution in [1.82, 2.24) is 9.88 Å². The van der Waals surface area contributed by atoms with Crippen molar-refractivity contribution in [2.24, 2.45) is 0 Å². The molecule has 0 saturated heterocycles. The number of rotatable bonds is 4. The molecule has 0 saturated carbocycles. The molecule has 0 aliphatic carbocycles. The lowest BCUT2D eigenvalue weighted by molar-refractivity contribution is -0.123. The third-order valence-electron chi connectivity index (χ3n) is 5.82. The second kappa shape index (κ2) is 8.47. The van der Waals surface area contributed by atoms with Crippen LogP contribution in [0.3, 0.4) is 0 Å². The van der Waals surface area contributed by atoms with Crippen LogP contribution >= 0.6 is 0 Å². The van der Waals surface area contributed by atoms with Gasteiger partial charge in [0.2, 0.25) is 0 Å². The average Bonchev–Trinajstić information content (AvgIpc) is 2.74. The number of pyridine rings is 1. The zero-order chi connectivity index (χ0) is 22.1. The zero-order valence-electron chi connectivity index (χ0n) is 18.4. The number of ether oxygens (including phenoxy) is 1. The van der Waals surface area contributed by atoms with Crippen molar-refractivity contribution >= 4 is 28.5 Å². The quantitative estimate of drug-likeness (QED) is 0.649. The number of aromatic nitrogens is 1. The monoisotopic (exact) mass is 417 g/mol. The van der Waals surface area contributed by atoms with Crippen molar-refractivity contribution in [3.8, 4) is 0 Å². The first kappa shape index (κ1) is 21.0. The number of likely N-dealkylation sites (N-methyl/N-ethyl adjacent to an activating group) is 1. The summed E-state index contributed by atoms with van der Waals surface area (Å²) in [4.78, 5) is 33.0. The van der Waals surface area contributed by atoms with E-state index in [1.54, 1.807) is 6.92 Å². The van der Waals surface area contributed by atoms with Gasteiger partial charge in [-0.1, -0.05) is 36.4 Å². The van der Waals surface area contributed by atoms with E-state index in [9.17, 15) is 9.59 Å². The van der Waals surface area contributed by atoms with Gasteiger partial charge in [0.15, 0.2) is 6.10 Å². The number of para-hydroxylation sites is 2. The average molecular weight is 418 g/mol. The van der Waals surface area contributed by atoms with Gasteiger partial charge < -0.3 is 15.0 Å². The molecule has 0 spiro atoms. The number of hydrogen-bond acceptors (Lipinski definition) is 5. The number of amides is 1. The minimum atomic E-state index is -0.935. The van der Waals surface area contributed by atoms with Crippen LogP contribution in [0.4, 0.5) is 5.69 Å². The lowest BCUT2D eigenvalue weighted by atomic mass is 9.96. The van der Waals surface area contributed by atoms with Crippen LogP contribution in [-0.4, -0.2) is 41.5 Å². The van der Waals surface area contributed by atoms with Crippen molar-refractivity contribution in [2.45, 2.75) is 39.8 Å². The maximum atomic E-state index is 13.3. The minimum absolute atomic E-state index is 0.352. The van der Waals surface area contributed by atoms with E-state index in [2.05, 4.69) is 10.2 Å². The maximum absolute atomic E-state index is 13.3. The number of carbonyl (C=O) groups excluding carboxylic acids is 2. The molecule has 0 fully saturated rings. The molecule has 2 aromatic carbocycles. The Morgan fingerprint density at radius 1 is 1.10 bits per heavy atom. The van der Waals surface area contributed by atoms with Crippen molar-refractivity contribution in [1.29, 1.82) is 0 Å². The molecule has 6 nitrogen and oxygen atoms in total. The van der Waals surface area contributed by atoms with E-state index in [0.29, 0.717) is 12.1 Å². The van der Waals surface area contributed by atoms with Gasteiger partial charge in [-0.3, -0.25) is 9.78 Å². The lowest BCUT2D eigenvalue weighted by Gasteiger charge is -2.27. The second-order valence-corrected chi connectivity index (χ2v) is 8.22. The summed E-state index contributed by atoms with van der Waals surface area (Å²) in [6.45, 7) is 6.99. The first-order chi connectivity index (χ1) is 14.8. The molecular weight excluding hydrogens is 390 g/mol. The fraction of sp³-hybridized carbons (Fsp3) is 0.320. The molecule has 160 valence electrons. The zero-order valence-corrected chi connectivity index (χ0v) is 18.4. The van der Waals surface area contributed by atoms with Gasteiger partial charge >= 0.3 is 5.97 Å². The normalized spacial score (nSPS) is 14.7. The number of carbonyl (C=O) groups is 2. The van der Waals surface area contributed by atoms with Crippen LogP contribution in [-0.2, 0) is 22.5 Å². The summed E-state index contributed by atoms with van der Waals surface area (Å²) in [6.07, 6.45) is -0.157. The fourth-order valence-electron chi connectivity index (χ4n) is 4.07. The molecule has 0 bridgehead atoms. The summed E-state index contributed by atoms with van der Waals surface area (Å²) < 4.78 is 5.66. The molecule has 6 heteroatoms. The molecule has 1 N–H and O–H groups in total. The fourth-order valence-corrected chi connectivity index (χ4v) is 4.07. The van der Waals surface area contributed by atoms with Gasteiger partial charge in [0, 0.05) is 41.8 Å². The largest absolute Gasteiger partial charge is 0.449 e. The molecule has 31 heavy (non-hydrogen) atoms. The molecule has 1 aromatic heterocycles. The number of aryl methyl sites for hydroxylation is 2. The van der Waals surface area contributed by atoms with Crippen LogP contribution in [0, 0.1) is 13.8 Å². The highest BCUT2D eigenvalue weighted by Crippen LogP contribution is 2.29. The third-order valence-corrected chi connectivity index (χ3v) is 5.82. The summed E-state index contributed by atoms with van der Waals surface area (Å²) in [6, 6.07) is 13.4. The predicted molar refractivity (Wildman–Crippen MR) is 121 cm³/mol. The lowest BCUT2D eigenvalue weighted by Crippen LogP contribution is -2.33. The Labute approximate surface area is 182 Å². The topological polar surface area (TPSA) is 71.5 Å². The van der Waals surface area contributed by atoms with E-state index >= 15 is 0 Å². The summed E-state index contributed by atoms with van der Waals surface area (Å²) in [5.74, 6) is -0.843. The Hall–Kier alpha value is -3.25. The van der Waals surface area contributed by atoms with Gasteiger partial charge in [0.1, 0.15) is 0 Å². The summed E-state index contributed by atoms with van der Waals surface area (Å²) in [7, 11) is 2.02. The summed E-state index contributed by atoms with van der Waals surface area (Å²) in [5, 5.41) is 3.66. The summed E-state index contributed by atoms with van der Waals surface area (Å²) >= 11 is 0. The highest BCUT2D eigenvalue weighted by Gasteiger charge is 2.28. The molecule has 4 rings (SSSR count). The molecular formula is C25H27N3O3. The Kier molecular flexibility index (Phi) is 5.74. The van der Waals surface area contributed by atoms with Crippen LogP contribution in [0.2, 0.25) is 0 Å². The molecule has 1 aliphatic heterocycles. The van der Waals surface area contributed by atoms with E-state index in [4.69, 9.17) is 9.72 Å². The molecule has 1 aliphatic rings. The first-order valence-corrected chi connectivity index (χ1v) is 10.5. The third kappa shape index (κ3) is 4.16. The molecule has 3 aromatic rings. The highest BCUT2D eigenvalue weighted by atomic mass is 16.5. The number of fused-ring (bicyclic) bond motifs is 2. The van der Waals surface area contributed by atoms with Crippen molar-refractivity contribution in [3.63, 3.8) is 0 Å². The number of nitrogens with one attached hydrogen (secondary N) is 1. The van der Waals surface area contributed by atoms with Crippen LogP contribution in [0.1, 0.15) is 39.7 Å². The van der Waals surface area contributed by atoms with Crippen molar-refractivity contribution in [2.75, 3.05) is 18.9 Å². The standard InChI is InChI=1S/C25H27N3O3/c1-15-8-7-9-16(2)23(15)27-24(29)17(3)31-25(30)22-18-10-5-6-11-20(18)26-21-12-13-28(4)14-19(21)22/h5-11,17H,12-14H2,1-4H3,(H,27,29). The molecule has 2 heterocycles. The molecule has 0 radical (unpaired) electrons. The van der Waals surface area contributed by atoms with E-state index in [1.165, 1.54) is 0 Å². The van der Waals surface area contributed by atoms with Gasteiger partial charge in [-0.2, -0.15) is 0 Å². The SMILES string of the molecule is Cc1cccc(C)c1NC(=O)C(C)OC(=O)c1c2c(nc3ccccc13)CCN(C)C2. The first-order valence-electron chi connectivity index (χ1n) is 10.5. The molecule has 1 unspecified atom stereocenters. The van der Waals surface area contributed by atoms with E-state index in [0.717, 1.165) is 51.9 Å². The Balaban J connectivity index is 1.62. The van der Waals surface area contributed by atoms with Crippen LogP contribution in [0.15, 0.2) is 42.5 Å². The van der Waals surface area contributed by atoms with Gasteiger partial charge in [0.05, 0.1) is 11.1 Å². The number of benzene rings is 2.